The second-order valence-electron chi connectivity index (χ2n) is 5.36. The number of halogens is 1. The average Bonchev–Trinajstić information content (AvgIpc) is 2.93. The van der Waals surface area contributed by atoms with E-state index in [2.05, 4.69) is 27.5 Å². The summed E-state index contributed by atoms with van der Waals surface area (Å²) in [6.45, 7) is 5.54. The number of aliphatic imine (C=N–C) groups is 1. The van der Waals surface area contributed by atoms with Gasteiger partial charge in [0.15, 0.2) is 5.96 Å². The second-order valence-corrected chi connectivity index (χ2v) is 6.68. The first-order valence-electron chi connectivity index (χ1n) is 7.69. The Hall–Kier alpha value is -1.95. The van der Waals surface area contributed by atoms with Crippen LogP contribution in [0.1, 0.15) is 21.0 Å². The fraction of sp³-hybridized carbons (Fsp3) is 0.412. The summed E-state index contributed by atoms with van der Waals surface area (Å²) in [6.07, 6.45) is 3.62. The number of nitrogens with zero attached hydrogens (tertiary/aromatic N) is 2. The number of hydrogen-bond acceptors (Lipinski definition) is 3. The van der Waals surface area contributed by atoms with Crippen molar-refractivity contribution in [2.45, 2.75) is 26.7 Å². The minimum Gasteiger partial charge on any atom is -0.356 e. The first-order valence-corrected chi connectivity index (χ1v) is 8.51. The maximum atomic E-state index is 13.1. The highest BCUT2D eigenvalue weighted by Crippen LogP contribution is 2.11. The molecule has 0 spiro atoms. The molecule has 0 saturated carbocycles. The number of thiazole rings is 1. The van der Waals surface area contributed by atoms with Gasteiger partial charge in [-0.25, -0.2) is 9.37 Å². The first kappa shape index (κ1) is 17.4. The fourth-order valence-corrected chi connectivity index (χ4v) is 3.07. The quantitative estimate of drug-likeness (QED) is 0.631. The van der Waals surface area contributed by atoms with Crippen molar-refractivity contribution in [3.05, 3.63) is 51.2 Å². The van der Waals surface area contributed by atoms with Crippen LogP contribution in [0.3, 0.4) is 0 Å². The Balaban J connectivity index is 1.72. The third-order valence-electron chi connectivity index (χ3n) is 3.52. The lowest BCUT2D eigenvalue weighted by Crippen LogP contribution is -2.39. The van der Waals surface area contributed by atoms with Crippen molar-refractivity contribution in [2.75, 3.05) is 20.1 Å². The summed E-state index contributed by atoms with van der Waals surface area (Å²) in [5.41, 5.74) is 2.13. The zero-order valence-electron chi connectivity index (χ0n) is 13.8. The van der Waals surface area contributed by atoms with E-state index in [1.165, 1.54) is 10.9 Å². The molecule has 1 heterocycles. The predicted molar refractivity (Wildman–Crippen MR) is 94.8 cm³/mol. The van der Waals surface area contributed by atoms with E-state index in [-0.39, 0.29) is 5.82 Å². The van der Waals surface area contributed by atoms with Crippen LogP contribution in [0.15, 0.2) is 29.4 Å². The molecule has 1 aromatic heterocycles. The Morgan fingerprint density at radius 1 is 1.22 bits per heavy atom. The van der Waals surface area contributed by atoms with Crippen molar-refractivity contribution in [2.24, 2.45) is 4.99 Å². The lowest BCUT2D eigenvalue weighted by molar-refractivity contribution is 0.625. The Labute approximate surface area is 140 Å². The van der Waals surface area contributed by atoms with E-state index in [0.717, 1.165) is 48.0 Å². The molecule has 0 radical (unpaired) electrons. The topological polar surface area (TPSA) is 49.3 Å². The summed E-state index contributed by atoms with van der Waals surface area (Å²) in [5, 5.41) is 7.69. The minimum absolute atomic E-state index is 0.186. The molecule has 0 fully saturated rings. The van der Waals surface area contributed by atoms with E-state index >= 15 is 0 Å². The molecule has 0 aliphatic rings. The molecule has 0 aliphatic carbocycles. The molecule has 0 bridgehead atoms. The summed E-state index contributed by atoms with van der Waals surface area (Å²) in [7, 11) is 1.76. The van der Waals surface area contributed by atoms with Gasteiger partial charge in [0.1, 0.15) is 5.82 Å². The number of aryl methyl sites for hydroxylation is 2. The molecule has 0 aliphatic heterocycles. The van der Waals surface area contributed by atoms with Gasteiger partial charge in [-0.1, -0.05) is 6.07 Å². The Kier molecular flexibility index (Phi) is 6.52. The molecule has 0 unspecified atom stereocenters. The number of rotatable bonds is 6. The van der Waals surface area contributed by atoms with Crippen molar-refractivity contribution in [3.63, 3.8) is 0 Å². The molecule has 6 heteroatoms. The van der Waals surface area contributed by atoms with Crippen molar-refractivity contribution < 1.29 is 4.39 Å². The van der Waals surface area contributed by atoms with Crippen molar-refractivity contribution in [1.82, 2.24) is 15.6 Å². The zero-order valence-corrected chi connectivity index (χ0v) is 14.6. The van der Waals surface area contributed by atoms with Gasteiger partial charge in [0, 0.05) is 37.6 Å². The van der Waals surface area contributed by atoms with Crippen molar-refractivity contribution >= 4 is 17.3 Å². The maximum absolute atomic E-state index is 13.1. The molecule has 124 valence electrons. The number of guanidine groups is 1. The molecule has 2 aromatic rings. The molecule has 0 saturated heterocycles. The molecule has 4 nitrogen and oxygen atoms in total. The average molecular weight is 334 g/mol. The minimum atomic E-state index is -0.186. The van der Waals surface area contributed by atoms with Gasteiger partial charge in [0.2, 0.25) is 0 Å². The predicted octanol–water partition coefficient (Wildman–Crippen LogP) is 2.85. The van der Waals surface area contributed by atoms with Crippen LogP contribution in [0.25, 0.3) is 0 Å². The molecular formula is C17H23FN4S. The highest BCUT2D eigenvalue weighted by atomic mass is 32.1. The SMILES string of the molecule is CN=C(NCCc1ncc(C)s1)NCCc1ccc(F)cc1C. The highest BCUT2D eigenvalue weighted by molar-refractivity contribution is 7.11. The smallest absolute Gasteiger partial charge is 0.191 e. The molecule has 23 heavy (non-hydrogen) atoms. The van der Waals surface area contributed by atoms with Gasteiger partial charge < -0.3 is 10.6 Å². The van der Waals surface area contributed by atoms with Gasteiger partial charge in [-0.3, -0.25) is 4.99 Å². The number of hydrogen-bond donors (Lipinski definition) is 2. The molecular weight excluding hydrogens is 311 g/mol. The maximum Gasteiger partial charge on any atom is 0.191 e. The number of benzene rings is 1. The molecule has 1 aromatic carbocycles. The lowest BCUT2D eigenvalue weighted by Gasteiger charge is -2.12. The van der Waals surface area contributed by atoms with Crippen LogP contribution in [-0.2, 0) is 12.8 Å². The molecule has 2 rings (SSSR count). The Morgan fingerprint density at radius 3 is 2.57 bits per heavy atom. The van der Waals surface area contributed by atoms with Gasteiger partial charge in [-0.05, 0) is 43.5 Å². The van der Waals surface area contributed by atoms with E-state index in [0.29, 0.717) is 0 Å². The first-order chi connectivity index (χ1) is 11.1. The zero-order chi connectivity index (χ0) is 16.7. The summed E-state index contributed by atoms with van der Waals surface area (Å²) < 4.78 is 13.1. The standard InChI is InChI=1S/C17H23FN4S/c1-12-10-15(18)5-4-14(12)6-8-20-17(19-3)21-9-7-16-22-11-13(2)23-16/h4-5,10-11H,6-9H2,1-3H3,(H2,19,20,21). The van der Waals surface area contributed by atoms with Crippen LogP contribution < -0.4 is 10.6 Å². The van der Waals surface area contributed by atoms with Crippen LogP contribution in [0.4, 0.5) is 4.39 Å². The molecule has 0 atom stereocenters. The number of aromatic nitrogens is 1. The van der Waals surface area contributed by atoms with Gasteiger partial charge in [-0.2, -0.15) is 0 Å². The monoisotopic (exact) mass is 334 g/mol. The fourth-order valence-electron chi connectivity index (χ4n) is 2.28. The molecule has 2 N–H and O–H groups in total. The third kappa shape index (κ3) is 5.63. The molecule has 0 amide bonds. The summed E-state index contributed by atoms with van der Waals surface area (Å²) in [4.78, 5) is 9.79. The van der Waals surface area contributed by atoms with Gasteiger partial charge in [0.05, 0.1) is 5.01 Å². The normalized spacial score (nSPS) is 11.6. The van der Waals surface area contributed by atoms with Crippen molar-refractivity contribution in [3.8, 4) is 0 Å². The van der Waals surface area contributed by atoms with Crippen LogP contribution in [0.5, 0.6) is 0 Å². The second kappa shape index (κ2) is 8.62. The van der Waals surface area contributed by atoms with Gasteiger partial charge in [-0.15, -0.1) is 11.3 Å². The van der Waals surface area contributed by atoms with E-state index < -0.39 is 0 Å². The van der Waals surface area contributed by atoms with Crippen LogP contribution >= 0.6 is 11.3 Å². The third-order valence-corrected chi connectivity index (χ3v) is 4.49. The Morgan fingerprint density at radius 2 is 1.96 bits per heavy atom. The summed E-state index contributed by atoms with van der Waals surface area (Å²) in [6, 6.07) is 4.91. The van der Waals surface area contributed by atoms with Gasteiger partial charge in [0.25, 0.3) is 0 Å². The lowest BCUT2D eigenvalue weighted by atomic mass is 10.1. The van der Waals surface area contributed by atoms with Crippen molar-refractivity contribution in [1.29, 1.82) is 0 Å². The van der Waals surface area contributed by atoms with E-state index in [1.54, 1.807) is 24.5 Å². The highest BCUT2D eigenvalue weighted by Gasteiger charge is 2.03. The van der Waals surface area contributed by atoms with E-state index in [9.17, 15) is 4.39 Å². The number of nitrogens with one attached hydrogen (secondary N) is 2. The van der Waals surface area contributed by atoms with E-state index in [4.69, 9.17) is 0 Å². The summed E-state index contributed by atoms with van der Waals surface area (Å²) in [5.74, 6) is 0.590. The van der Waals surface area contributed by atoms with Gasteiger partial charge >= 0.3 is 0 Å². The van der Waals surface area contributed by atoms with Crippen LogP contribution in [0.2, 0.25) is 0 Å². The van der Waals surface area contributed by atoms with Crippen LogP contribution in [-0.4, -0.2) is 31.1 Å². The summed E-state index contributed by atoms with van der Waals surface area (Å²) >= 11 is 1.72. The largest absolute Gasteiger partial charge is 0.356 e. The Bertz CT molecular complexity index is 666. The van der Waals surface area contributed by atoms with Crippen LogP contribution in [0, 0.1) is 19.7 Å². The van der Waals surface area contributed by atoms with E-state index in [1.807, 2.05) is 19.2 Å².